The predicted molar refractivity (Wildman–Crippen MR) is 93.2 cm³/mol. The van der Waals surface area contributed by atoms with Crippen LogP contribution in [0.4, 0.5) is 10.5 Å². The van der Waals surface area contributed by atoms with Crippen LogP contribution < -0.4 is 5.32 Å². The lowest BCUT2D eigenvalue weighted by Crippen LogP contribution is -2.35. The van der Waals surface area contributed by atoms with Crippen molar-refractivity contribution >= 4 is 23.1 Å². The molecule has 5 nitrogen and oxygen atoms in total. The van der Waals surface area contributed by atoms with E-state index in [1.165, 1.54) is 17.0 Å². The van der Waals surface area contributed by atoms with Gasteiger partial charge in [0.1, 0.15) is 0 Å². The van der Waals surface area contributed by atoms with Crippen molar-refractivity contribution < 1.29 is 4.79 Å². The normalized spacial score (nSPS) is 16.7. The number of urea groups is 1. The lowest BCUT2D eigenvalue weighted by Gasteiger charge is -2.26. The molecule has 1 atom stereocenters. The van der Waals surface area contributed by atoms with Crippen molar-refractivity contribution in [2.45, 2.75) is 39.0 Å². The number of thiazole rings is 1. The minimum absolute atomic E-state index is 0.0971. The summed E-state index contributed by atoms with van der Waals surface area (Å²) in [5.41, 5.74) is 2.98. The molecule has 1 aliphatic rings. The zero-order valence-electron chi connectivity index (χ0n) is 13.8. The summed E-state index contributed by atoms with van der Waals surface area (Å²) in [4.78, 5) is 24.3. The van der Waals surface area contributed by atoms with Gasteiger partial charge in [0.25, 0.3) is 0 Å². The molecule has 122 valence electrons. The highest BCUT2D eigenvalue weighted by Crippen LogP contribution is 2.35. The number of aromatic nitrogens is 2. The van der Waals surface area contributed by atoms with E-state index < -0.39 is 0 Å². The number of likely N-dealkylation sites (N-methyl/N-ethyl adjacent to an activating group) is 1. The van der Waals surface area contributed by atoms with Gasteiger partial charge in [-0.1, -0.05) is 0 Å². The molecule has 0 radical (unpaired) electrons. The fraction of sp³-hybridized carbons (Fsp3) is 0.471. The molecule has 2 heterocycles. The topological polar surface area (TPSA) is 58.1 Å². The first-order valence-electron chi connectivity index (χ1n) is 7.93. The molecule has 3 rings (SSSR count). The second-order valence-electron chi connectivity index (χ2n) is 6.13. The molecule has 23 heavy (non-hydrogen) atoms. The van der Waals surface area contributed by atoms with Gasteiger partial charge in [-0.15, -0.1) is 11.3 Å². The summed E-state index contributed by atoms with van der Waals surface area (Å²) in [5, 5.41) is 4.06. The van der Waals surface area contributed by atoms with E-state index in [0.717, 1.165) is 29.1 Å². The van der Waals surface area contributed by atoms with E-state index >= 15 is 0 Å². The second kappa shape index (κ2) is 6.66. The molecule has 0 aliphatic heterocycles. The van der Waals surface area contributed by atoms with Crippen LogP contribution in [0, 0.1) is 13.8 Å². The average molecular weight is 330 g/mol. The van der Waals surface area contributed by atoms with Gasteiger partial charge in [-0.3, -0.25) is 4.98 Å². The maximum Gasteiger partial charge on any atom is 0.321 e. The first-order chi connectivity index (χ1) is 11.0. The summed E-state index contributed by atoms with van der Waals surface area (Å²) in [7, 11) is 1.84. The van der Waals surface area contributed by atoms with Crippen LogP contribution in [-0.4, -0.2) is 34.5 Å². The van der Waals surface area contributed by atoms with E-state index in [9.17, 15) is 4.79 Å². The SMILES string of the molecule is Cc1nc2c(s1)CCC[C@H]2CN(C)C(=O)Nc1cnccc1C. The molecule has 2 aromatic rings. The van der Waals surface area contributed by atoms with Crippen LogP contribution in [0.2, 0.25) is 0 Å². The highest BCUT2D eigenvalue weighted by molar-refractivity contribution is 7.11. The van der Waals surface area contributed by atoms with Gasteiger partial charge in [0.2, 0.25) is 0 Å². The van der Waals surface area contributed by atoms with Crippen LogP contribution in [-0.2, 0) is 6.42 Å². The molecular formula is C17H22N4OS. The Morgan fingerprint density at radius 1 is 1.48 bits per heavy atom. The third-order valence-electron chi connectivity index (χ3n) is 4.30. The molecule has 0 fully saturated rings. The van der Waals surface area contributed by atoms with Crippen molar-refractivity contribution in [3.63, 3.8) is 0 Å². The van der Waals surface area contributed by atoms with Crippen molar-refractivity contribution in [3.05, 3.63) is 39.6 Å². The Hall–Kier alpha value is -1.95. The number of carbonyl (C=O) groups excluding carboxylic acids is 1. The fourth-order valence-electron chi connectivity index (χ4n) is 3.03. The predicted octanol–water partition coefficient (Wildman–Crippen LogP) is 3.74. The molecule has 0 saturated heterocycles. The molecule has 0 spiro atoms. The van der Waals surface area contributed by atoms with Crippen molar-refractivity contribution in [3.8, 4) is 0 Å². The maximum atomic E-state index is 12.4. The summed E-state index contributed by atoms with van der Waals surface area (Å²) in [6, 6.07) is 1.79. The zero-order chi connectivity index (χ0) is 16.4. The molecule has 1 aliphatic carbocycles. The second-order valence-corrected chi connectivity index (χ2v) is 7.42. The first-order valence-corrected chi connectivity index (χ1v) is 8.75. The molecular weight excluding hydrogens is 308 g/mol. The van der Waals surface area contributed by atoms with E-state index in [1.54, 1.807) is 28.6 Å². The van der Waals surface area contributed by atoms with Gasteiger partial charge in [-0.05, 0) is 44.7 Å². The van der Waals surface area contributed by atoms with Crippen molar-refractivity contribution in [1.29, 1.82) is 0 Å². The van der Waals surface area contributed by atoms with Gasteiger partial charge in [-0.2, -0.15) is 0 Å². The minimum Gasteiger partial charge on any atom is -0.327 e. The van der Waals surface area contributed by atoms with Crippen molar-refractivity contribution in [2.75, 3.05) is 18.9 Å². The number of nitrogens with one attached hydrogen (secondary N) is 1. The van der Waals surface area contributed by atoms with Gasteiger partial charge in [0.05, 0.1) is 22.6 Å². The summed E-state index contributed by atoms with van der Waals surface area (Å²) in [5.74, 6) is 0.342. The van der Waals surface area contributed by atoms with Gasteiger partial charge in [-0.25, -0.2) is 9.78 Å². The van der Waals surface area contributed by atoms with Gasteiger partial charge >= 0.3 is 6.03 Å². The quantitative estimate of drug-likeness (QED) is 0.932. The smallest absolute Gasteiger partial charge is 0.321 e. The Kier molecular flexibility index (Phi) is 4.61. The Morgan fingerprint density at radius 2 is 2.30 bits per heavy atom. The maximum absolute atomic E-state index is 12.4. The number of hydrogen-bond donors (Lipinski definition) is 1. The largest absolute Gasteiger partial charge is 0.327 e. The first kappa shape index (κ1) is 15.9. The van der Waals surface area contributed by atoms with E-state index in [-0.39, 0.29) is 6.03 Å². The van der Waals surface area contributed by atoms with Crippen molar-refractivity contribution in [1.82, 2.24) is 14.9 Å². The Bertz CT molecular complexity index is 712. The number of rotatable bonds is 3. The highest BCUT2D eigenvalue weighted by atomic mass is 32.1. The van der Waals surface area contributed by atoms with E-state index in [2.05, 4.69) is 17.2 Å². The molecule has 2 amide bonds. The Labute approximate surface area is 140 Å². The Balaban J connectivity index is 1.66. The number of amides is 2. The molecule has 1 N–H and O–H groups in total. The number of anilines is 1. The number of aryl methyl sites for hydroxylation is 3. The highest BCUT2D eigenvalue weighted by Gasteiger charge is 2.26. The van der Waals surface area contributed by atoms with Crippen molar-refractivity contribution in [2.24, 2.45) is 0 Å². The number of carbonyl (C=O) groups is 1. The standard InChI is InChI=1S/C17H22N4OS/c1-11-7-8-18-9-14(11)20-17(22)21(3)10-13-5-4-6-15-16(13)19-12(2)23-15/h7-9,13H,4-6,10H2,1-3H3,(H,20,22)/t13-/m0/s1. The van der Waals surface area contributed by atoms with Gasteiger partial charge in [0.15, 0.2) is 0 Å². The van der Waals surface area contributed by atoms with Crippen LogP contribution in [0.5, 0.6) is 0 Å². The number of hydrogen-bond acceptors (Lipinski definition) is 4. The molecule has 0 saturated carbocycles. The number of fused-ring (bicyclic) bond motifs is 1. The molecule has 2 aromatic heterocycles. The molecule has 6 heteroatoms. The lowest BCUT2D eigenvalue weighted by atomic mass is 9.90. The average Bonchev–Trinajstić information content (AvgIpc) is 2.91. The molecule has 0 unspecified atom stereocenters. The van der Waals surface area contributed by atoms with Crippen LogP contribution >= 0.6 is 11.3 Å². The van der Waals surface area contributed by atoms with Crippen LogP contribution in [0.1, 0.15) is 39.9 Å². The summed E-state index contributed by atoms with van der Waals surface area (Å²) in [6.45, 7) is 4.71. The third-order valence-corrected chi connectivity index (χ3v) is 5.35. The van der Waals surface area contributed by atoms with Crippen LogP contribution in [0.25, 0.3) is 0 Å². The monoisotopic (exact) mass is 330 g/mol. The van der Waals surface area contributed by atoms with Crippen LogP contribution in [0.15, 0.2) is 18.5 Å². The number of nitrogens with zero attached hydrogens (tertiary/aromatic N) is 3. The third kappa shape index (κ3) is 3.52. The zero-order valence-corrected chi connectivity index (χ0v) is 14.6. The summed E-state index contributed by atoms with van der Waals surface area (Å²) < 4.78 is 0. The molecule has 0 aromatic carbocycles. The fourth-order valence-corrected chi connectivity index (χ4v) is 4.09. The molecule has 0 bridgehead atoms. The number of pyridine rings is 1. The summed E-state index contributed by atoms with van der Waals surface area (Å²) in [6.07, 6.45) is 6.81. The van der Waals surface area contributed by atoms with Gasteiger partial charge in [0, 0.05) is 30.6 Å². The van der Waals surface area contributed by atoms with E-state index in [1.807, 2.05) is 20.0 Å². The Morgan fingerprint density at radius 3 is 3.09 bits per heavy atom. The lowest BCUT2D eigenvalue weighted by molar-refractivity contribution is 0.217. The summed E-state index contributed by atoms with van der Waals surface area (Å²) >= 11 is 1.80. The van der Waals surface area contributed by atoms with Crippen LogP contribution in [0.3, 0.4) is 0 Å². The van der Waals surface area contributed by atoms with Gasteiger partial charge < -0.3 is 10.2 Å². The van der Waals surface area contributed by atoms with E-state index in [0.29, 0.717) is 12.5 Å². The minimum atomic E-state index is -0.0971. The van der Waals surface area contributed by atoms with E-state index in [4.69, 9.17) is 4.98 Å².